The van der Waals surface area contributed by atoms with E-state index in [-0.39, 0.29) is 31.2 Å². The summed E-state index contributed by atoms with van der Waals surface area (Å²) in [7, 11) is 0. The van der Waals surface area contributed by atoms with Crippen molar-refractivity contribution in [3.63, 3.8) is 0 Å². The molecule has 2 aromatic carbocycles. The minimum atomic E-state index is -2.96. The zero-order chi connectivity index (χ0) is 30.3. The van der Waals surface area contributed by atoms with E-state index in [0.717, 1.165) is 67.8 Å². The minimum Gasteiger partial charge on any atom is -0.478 e. The van der Waals surface area contributed by atoms with Crippen molar-refractivity contribution < 1.29 is 27.5 Å². The number of piperidine rings is 1. The van der Waals surface area contributed by atoms with Gasteiger partial charge in [-0.15, -0.1) is 12.4 Å². The number of carboxylic acids is 1. The topological polar surface area (TPSA) is 64.8 Å². The molecule has 44 heavy (non-hydrogen) atoms. The first-order valence-electron chi connectivity index (χ1n) is 14.7. The van der Waals surface area contributed by atoms with Gasteiger partial charge in [0.05, 0.1) is 12.2 Å². The molecule has 3 heterocycles. The second-order valence-electron chi connectivity index (χ2n) is 11.9. The summed E-state index contributed by atoms with van der Waals surface area (Å²) in [5.41, 5.74) is 2.89. The Morgan fingerprint density at radius 2 is 1.73 bits per heavy atom. The maximum absolute atomic E-state index is 13.9. The number of anilines is 2. The molecule has 3 fully saturated rings. The highest BCUT2D eigenvalue weighted by atomic mass is 35.5. The monoisotopic (exact) mass is 655 g/mol. The van der Waals surface area contributed by atoms with Crippen LogP contribution in [0.3, 0.4) is 0 Å². The van der Waals surface area contributed by atoms with Gasteiger partial charge in [0.2, 0.25) is 5.92 Å². The number of benzene rings is 2. The number of carbonyl (C=O) groups is 1. The Bertz CT molecular complexity index is 1460. The van der Waals surface area contributed by atoms with Crippen LogP contribution in [0.4, 0.5) is 28.9 Å². The summed E-state index contributed by atoms with van der Waals surface area (Å²) < 4.78 is 55.4. The van der Waals surface area contributed by atoms with Crippen LogP contribution in [0.1, 0.15) is 54.2 Å². The fraction of sp³-hybridized carbons (Fsp3) is 0.484. The third-order valence-corrected chi connectivity index (χ3v) is 9.16. The lowest BCUT2D eigenvalue weighted by molar-refractivity contribution is -0.116. The van der Waals surface area contributed by atoms with Crippen LogP contribution >= 0.6 is 24.0 Å². The molecular formula is C31H35Cl2F4N5O2. The molecule has 0 amide bonds. The molecule has 1 unspecified atom stereocenters. The molecule has 13 heteroatoms. The number of hydrogen-bond donors (Lipinski definition) is 1. The number of alkyl halides is 4. The SMILES string of the molecule is Cl.O=C(O)c1cnn(C2CCCN(c3cc(Cl)ccc3-c3ccc(N4CCN(CC5CC(F)(F)C5)CC4)cc3)C2)c1C(F)F. The zero-order valence-corrected chi connectivity index (χ0v) is 25.6. The van der Waals surface area contributed by atoms with Crippen LogP contribution < -0.4 is 9.80 Å². The van der Waals surface area contributed by atoms with Crippen LogP contribution in [-0.2, 0) is 0 Å². The van der Waals surface area contributed by atoms with E-state index in [4.69, 9.17) is 11.6 Å². The maximum atomic E-state index is 13.9. The summed E-state index contributed by atoms with van der Waals surface area (Å²) in [6, 6.07) is 13.5. The first-order chi connectivity index (χ1) is 20.6. The van der Waals surface area contributed by atoms with E-state index in [2.05, 4.69) is 44.1 Å². The van der Waals surface area contributed by atoms with Gasteiger partial charge in [0.25, 0.3) is 6.43 Å². The average molecular weight is 657 g/mol. The van der Waals surface area contributed by atoms with E-state index >= 15 is 0 Å². The summed E-state index contributed by atoms with van der Waals surface area (Å²) in [4.78, 5) is 18.2. The number of carboxylic acid groups (broad SMARTS) is 1. The van der Waals surface area contributed by atoms with Gasteiger partial charge in [-0.1, -0.05) is 29.8 Å². The standard InChI is InChI=1S/C31H34ClF4N5O2.ClH/c32-22-5-8-25(21-3-6-23(7-4-21)39-12-10-38(11-13-39)18-20-15-31(35,36)16-20)27(14-22)40-9-1-2-24(19-40)41-28(29(33)34)26(17-37-41)30(42)43;/h3-8,14,17,20,24,29H,1-2,9-13,15-16,18-19H2,(H,42,43);1H. The molecule has 2 saturated heterocycles. The molecule has 1 aromatic heterocycles. The van der Waals surface area contributed by atoms with Crippen LogP contribution in [-0.4, -0.2) is 77.5 Å². The fourth-order valence-corrected chi connectivity index (χ4v) is 6.91. The Balaban J connectivity index is 0.00000384. The number of piperazine rings is 1. The number of nitrogens with zero attached hydrogens (tertiary/aromatic N) is 5. The highest BCUT2D eigenvalue weighted by Crippen LogP contribution is 2.43. The van der Waals surface area contributed by atoms with Gasteiger partial charge in [0.15, 0.2) is 0 Å². The molecule has 1 N–H and O–H groups in total. The summed E-state index contributed by atoms with van der Waals surface area (Å²) >= 11 is 6.42. The lowest BCUT2D eigenvalue weighted by atomic mass is 9.81. The molecule has 1 atom stereocenters. The maximum Gasteiger partial charge on any atom is 0.339 e. The normalized spacial score (nSPS) is 20.8. The third kappa shape index (κ3) is 6.79. The molecule has 3 aliphatic rings. The Kier molecular flexibility index (Phi) is 9.67. The Hall–Kier alpha value is -3.02. The second-order valence-corrected chi connectivity index (χ2v) is 12.3. The highest BCUT2D eigenvalue weighted by Gasteiger charge is 2.45. The number of hydrogen-bond acceptors (Lipinski definition) is 5. The van der Waals surface area contributed by atoms with Gasteiger partial charge in [-0.05, 0) is 48.6 Å². The van der Waals surface area contributed by atoms with Crippen molar-refractivity contribution in [1.29, 1.82) is 0 Å². The van der Waals surface area contributed by atoms with Crippen molar-refractivity contribution >= 4 is 41.4 Å². The van der Waals surface area contributed by atoms with Gasteiger partial charge in [0.1, 0.15) is 11.3 Å². The minimum absolute atomic E-state index is 0. The van der Waals surface area contributed by atoms with Gasteiger partial charge in [0, 0.05) is 80.6 Å². The van der Waals surface area contributed by atoms with Gasteiger partial charge < -0.3 is 14.9 Å². The van der Waals surface area contributed by atoms with Gasteiger partial charge in [-0.2, -0.15) is 5.10 Å². The molecule has 0 bridgehead atoms. The van der Waals surface area contributed by atoms with E-state index in [9.17, 15) is 27.5 Å². The van der Waals surface area contributed by atoms with Crippen molar-refractivity contribution in [3.8, 4) is 11.1 Å². The van der Waals surface area contributed by atoms with Gasteiger partial charge in [-0.25, -0.2) is 22.4 Å². The van der Waals surface area contributed by atoms with Crippen molar-refractivity contribution in [1.82, 2.24) is 14.7 Å². The van der Waals surface area contributed by atoms with Crippen LogP contribution in [0.25, 0.3) is 11.1 Å². The molecule has 1 aliphatic carbocycles. The molecule has 0 spiro atoms. The molecule has 2 aliphatic heterocycles. The van der Waals surface area contributed by atoms with Crippen LogP contribution in [0.2, 0.25) is 5.02 Å². The van der Waals surface area contributed by atoms with E-state index in [1.807, 2.05) is 18.2 Å². The molecule has 6 rings (SSSR count). The lowest BCUT2D eigenvalue weighted by Gasteiger charge is -2.41. The summed E-state index contributed by atoms with van der Waals surface area (Å²) in [6.45, 7) is 5.18. The first kappa shape index (κ1) is 32.4. The predicted octanol–water partition coefficient (Wildman–Crippen LogP) is 7.27. The van der Waals surface area contributed by atoms with Crippen molar-refractivity contribution in [3.05, 3.63) is 64.9 Å². The van der Waals surface area contributed by atoms with Crippen LogP contribution in [0.15, 0.2) is 48.7 Å². The van der Waals surface area contributed by atoms with Gasteiger partial charge >= 0.3 is 5.97 Å². The smallest absolute Gasteiger partial charge is 0.339 e. The quantitative estimate of drug-likeness (QED) is 0.258. The Morgan fingerprint density at radius 1 is 1.02 bits per heavy atom. The summed E-state index contributed by atoms with van der Waals surface area (Å²) in [6.07, 6.45) is -0.624. The number of aromatic carboxylic acids is 1. The lowest BCUT2D eigenvalue weighted by Crippen LogP contribution is -2.50. The van der Waals surface area contributed by atoms with E-state index < -0.39 is 35.6 Å². The first-order valence-corrected chi connectivity index (χ1v) is 15.0. The molecule has 238 valence electrons. The third-order valence-electron chi connectivity index (χ3n) is 8.92. The average Bonchev–Trinajstić information content (AvgIpc) is 3.43. The Morgan fingerprint density at radius 3 is 2.36 bits per heavy atom. The Labute approximate surface area is 264 Å². The van der Waals surface area contributed by atoms with Crippen LogP contribution in [0.5, 0.6) is 0 Å². The zero-order valence-electron chi connectivity index (χ0n) is 24.0. The van der Waals surface area contributed by atoms with Crippen molar-refractivity contribution in [2.45, 2.75) is 44.1 Å². The number of aromatic nitrogens is 2. The fourth-order valence-electron chi connectivity index (χ4n) is 6.75. The molecule has 0 radical (unpaired) electrons. The summed E-state index contributed by atoms with van der Waals surface area (Å²) in [5, 5.41) is 14.0. The van der Waals surface area contributed by atoms with E-state index in [0.29, 0.717) is 24.5 Å². The van der Waals surface area contributed by atoms with E-state index in [1.165, 1.54) is 4.68 Å². The van der Waals surface area contributed by atoms with Crippen molar-refractivity contribution in [2.75, 3.05) is 55.6 Å². The molecule has 7 nitrogen and oxygen atoms in total. The summed E-state index contributed by atoms with van der Waals surface area (Å²) in [5.74, 6) is -3.80. The molecule has 1 saturated carbocycles. The van der Waals surface area contributed by atoms with Crippen molar-refractivity contribution in [2.24, 2.45) is 5.92 Å². The van der Waals surface area contributed by atoms with Crippen LogP contribution in [0, 0.1) is 5.92 Å². The van der Waals surface area contributed by atoms with E-state index in [1.54, 1.807) is 0 Å². The van der Waals surface area contributed by atoms with Gasteiger partial charge in [-0.3, -0.25) is 9.58 Å². The molecule has 3 aromatic rings. The highest BCUT2D eigenvalue weighted by molar-refractivity contribution is 6.31. The predicted molar refractivity (Wildman–Crippen MR) is 165 cm³/mol. The largest absolute Gasteiger partial charge is 0.478 e. The second kappa shape index (κ2) is 13.1. The molecular weight excluding hydrogens is 621 g/mol. The number of halogens is 6. The number of rotatable bonds is 8.